The molecule has 12 heavy (non-hydrogen) atoms. The van der Waals surface area contributed by atoms with Crippen molar-refractivity contribution >= 4 is 51.9 Å². The highest BCUT2D eigenvalue weighted by Gasteiger charge is 2.18. The summed E-state index contributed by atoms with van der Waals surface area (Å²) in [5.41, 5.74) is 2.83. The van der Waals surface area contributed by atoms with Crippen molar-refractivity contribution in [2.75, 3.05) is 10.8 Å². The fourth-order valence-corrected chi connectivity index (χ4v) is 3.46. The summed E-state index contributed by atoms with van der Waals surface area (Å²) >= 11 is 5.81. The van der Waals surface area contributed by atoms with Gasteiger partial charge in [-0.25, -0.2) is 0 Å². The molecule has 4 heteroatoms. The maximum atomic E-state index is 3.48. The number of hydrogen-bond acceptors (Lipinski definition) is 2. The first-order valence-electron chi connectivity index (χ1n) is 3.66. The van der Waals surface area contributed by atoms with Crippen LogP contribution in [0.3, 0.4) is 0 Å². The van der Waals surface area contributed by atoms with Crippen LogP contribution in [0.25, 0.3) is 0 Å². The van der Waals surface area contributed by atoms with Crippen molar-refractivity contribution in [3.05, 3.63) is 28.2 Å². The quantitative estimate of drug-likeness (QED) is 0.556. The Bertz CT molecular complexity index is 305. The monoisotopic (exact) mass is 355 g/mol. The van der Waals surface area contributed by atoms with E-state index in [1.807, 2.05) is 0 Å². The number of rotatable bonds is 1. The summed E-state index contributed by atoms with van der Waals surface area (Å²) in [5, 5.41) is 0. The van der Waals surface area contributed by atoms with Crippen LogP contribution in [0.5, 0.6) is 0 Å². The van der Waals surface area contributed by atoms with E-state index >= 15 is 0 Å². The Morgan fingerprint density at radius 1 is 1.50 bits per heavy atom. The van der Waals surface area contributed by atoms with E-state index in [1.165, 1.54) is 22.1 Å². The van der Waals surface area contributed by atoms with Gasteiger partial charge in [-0.3, -0.25) is 0 Å². The van der Waals surface area contributed by atoms with E-state index < -0.39 is 0 Å². The van der Waals surface area contributed by atoms with Gasteiger partial charge >= 0.3 is 0 Å². The molecule has 1 aliphatic heterocycles. The van der Waals surface area contributed by atoms with Crippen LogP contribution >= 0.6 is 46.3 Å². The molecule has 0 saturated heterocycles. The third kappa shape index (κ3) is 1.61. The molecule has 2 rings (SSSR count). The van der Waals surface area contributed by atoms with Crippen molar-refractivity contribution in [3.63, 3.8) is 0 Å². The molecule has 1 aromatic rings. The van der Waals surface area contributed by atoms with Crippen LogP contribution in [0, 0.1) is 0 Å². The third-order valence-electron chi connectivity index (χ3n) is 1.98. The minimum Gasteiger partial charge on any atom is -0.307 e. The van der Waals surface area contributed by atoms with E-state index in [2.05, 4.69) is 59.6 Å². The SMILES string of the molecule is Brc1ccc2c(c1)CCN2SI. The summed E-state index contributed by atoms with van der Waals surface area (Å²) in [7, 11) is 1.77. The molecule has 0 aromatic heterocycles. The van der Waals surface area contributed by atoms with Crippen molar-refractivity contribution in [2.45, 2.75) is 6.42 Å². The van der Waals surface area contributed by atoms with Gasteiger partial charge in [0.15, 0.2) is 0 Å². The zero-order valence-corrected chi connectivity index (χ0v) is 10.8. The zero-order chi connectivity index (χ0) is 8.55. The molecule has 0 spiro atoms. The van der Waals surface area contributed by atoms with E-state index in [-0.39, 0.29) is 0 Å². The second-order valence-corrected chi connectivity index (χ2v) is 5.37. The Labute approximate surface area is 96.8 Å². The molecular formula is C8H7BrINS. The van der Waals surface area contributed by atoms with Gasteiger partial charge in [-0.15, -0.1) is 0 Å². The predicted octanol–water partition coefficient (Wildman–Crippen LogP) is 3.81. The van der Waals surface area contributed by atoms with Crippen molar-refractivity contribution < 1.29 is 0 Å². The van der Waals surface area contributed by atoms with Gasteiger partial charge in [0.25, 0.3) is 0 Å². The highest BCUT2D eigenvalue weighted by molar-refractivity contribution is 14.2. The molecule has 0 unspecified atom stereocenters. The third-order valence-corrected chi connectivity index (χ3v) is 4.44. The van der Waals surface area contributed by atoms with Crippen LogP contribution in [0.1, 0.15) is 5.56 Å². The van der Waals surface area contributed by atoms with Crippen molar-refractivity contribution in [2.24, 2.45) is 0 Å². The van der Waals surface area contributed by atoms with Crippen LogP contribution < -0.4 is 4.31 Å². The molecule has 0 fully saturated rings. The summed E-state index contributed by atoms with van der Waals surface area (Å²) in [4.78, 5) is 0. The molecule has 1 aromatic carbocycles. The summed E-state index contributed by atoms with van der Waals surface area (Å²) in [6.45, 7) is 1.14. The molecular weight excluding hydrogens is 349 g/mol. The Kier molecular flexibility index (Phi) is 2.86. The topological polar surface area (TPSA) is 3.24 Å². The van der Waals surface area contributed by atoms with E-state index in [9.17, 15) is 0 Å². The molecule has 0 bridgehead atoms. The molecule has 0 radical (unpaired) electrons. The molecule has 64 valence electrons. The van der Waals surface area contributed by atoms with Gasteiger partial charge in [0.2, 0.25) is 0 Å². The first kappa shape index (κ1) is 9.15. The highest BCUT2D eigenvalue weighted by Crippen LogP contribution is 2.36. The van der Waals surface area contributed by atoms with E-state index in [4.69, 9.17) is 0 Å². The van der Waals surface area contributed by atoms with Crippen LogP contribution in [-0.4, -0.2) is 6.54 Å². The molecule has 0 N–H and O–H groups in total. The molecule has 0 atom stereocenters. The predicted molar refractivity (Wildman–Crippen MR) is 66.8 cm³/mol. The zero-order valence-electron chi connectivity index (χ0n) is 6.26. The van der Waals surface area contributed by atoms with Crippen molar-refractivity contribution in [1.82, 2.24) is 0 Å². The second-order valence-electron chi connectivity index (χ2n) is 2.69. The van der Waals surface area contributed by atoms with Gasteiger partial charge in [0, 0.05) is 41.3 Å². The Morgan fingerprint density at radius 2 is 2.33 bits per heavy atom. The molecule has 1 heterocycles. The van der Waals surface area contributed by atoms with Gasteiger partial charge in [-0.1, -0.05) is 15.9 Å². The summed E-state index contributed by atoms with van der Waals surface area (Å²) < 4.78 is 3.50. The van der Waals surface area contributed by atoms with Gasteiger partial charge in [0.1, 0.15) is 0 Å². The van der Waals surface area contributed by atoms with Gasteiger partial charge in [-0.05, 0) is 30.2 Å². The van der Waals surface area contributed by atoms with Crippen LogP contribution in [0.2, 0.25) is 0 Å². The fraction of sp³-hybridized carbons (Fsp3) is 0.250. The van der Waals surface area contributed by atoms with E-state index in [1.54, 1.807) is 9.12 Å². The lowest BCUT2D eigenvalue weighted by molar-refractivity contribution is 1.06. The lowest BCUT2D eigenvalue weighted by Gasteiger charge is -2.12. The number of anilines is 1. The highest BCUT2D eigenvalue weighted by atomic mass is 127. The second kappa shape index (κ2) is 3.75. The van der Waals surface area contributed by atoms with Gasteiger partial charge in [0.05, 0.1) is 5.69 Å². The standard InChI is InChI=1S/C8H7BrINS/c9-7-1-2-8-6(5-7)3-4-11(8)12-10/h1-2,5H,3-4H2. The maximum Gasteiger partial charge on any atom is 0.0510 e. The average molecular weight is 356 g/mol. The van der Waals surface area contributed by atoms with Crippen LogP contribution in [0.4, 0.5) is 5.69 Å². The molecule has 0 aliphatic carbocycles. The van der Waals surface area contributed by atoms with Crippen LogP contribution in [0.15, 0.2) is 22.7 Å². The number of halogens is 2. The number of hydrogen-bond donors (Lipinski definition) is 0. The van der Waals surface area contributed by atoms with Crippen LogP contribution in [-0.2, 0) is 6.42 Å². The molecule has 0 saturated carbocycles. The normalized spacial score (nSPS) is 15.0. The molecule has 1 aliphatic rings. The minimum absolute atomic E-state index is 1.14. The fourth-order valence-electron chi connectivity index (χ4n) is 1.41. The summed E-state index contributed by atoms with van der Waals surface area (Å²) in [6.07, 6.45) is 1.17. The Morgan fingerprint density at radius 3 is 3.08 bits per heavy atom. The van der Waals surface area contributed by atoms with E-state index in [0.29, 0.717) is 0 Å². The lowest BCUT2D eigenvalue weighted by Crippen LogP contribution is -2.06. The Hall–Kier alpha value is 0.580. The number of benzene rings is 1. The smallest absolute Gasteiger partial charge is 0.0510 e. The number of nitrogens with zero attached hydrogens (tertiary/aromatic N) is 1. The summed E-state index contributed by atoms with van der Waals surface area (Å²) in [6, 6.07) is 6.49. The van der Waals surface area contributed by atoms with Crippen molar-refractivity contribution in [1.29, 1.82) is 0 Å². The van der Waals surface area contributed by atoms with Crippen molar-refractivity contribution in [3.8, 4) is 0 Å². The first-order chi connectivity index (χ1) is 5.81. The summed E-state index contributed by atoms with van der Waals surface area (Å²) in [5.74, 6) is 0. The van der Waals surface area contributed by atoms with E-state index in [0.717, 1.165) is 6.54 Å². The van der Waals surface area contributed by atoms with Gasteiger partial charge < -0.3 is 4.31 Å². The number of fused-ring (bicyclic) bond motifs is 1. The Balaban J connectivity index is 2.40. The maximum absolute atomic E-state index is 3.48. The molecule has 1 nitrogen and oxygen atoms in total. The van der Waals surface area contributed by atoms with Gasteiger partial charge in [-0.2, -0.15) is 0 Å². The largest absolute Gasteiger partial charge is 0.307 e. The first-order valence-corrected chi connectivity index (χ1v) is 7.77. The molecule has 0 amide bonds. The average Bonchev–Trinajstić information content (AvgIpc) is 2.46. The minimum atomic E-state index is 1.14. The lowest BCUT2D eigenvalue weighted by atomic mass is 10.2.